The molecule has 0 aliphatic carbocycles. The average Bonchev–Trinajstić information content (AvgIpc) is 2.16. The van der Waals surface area contributed by atoms with E-state index in [0.717, 1.165) is 6.07 Å². The number of nitrogens with zero attached hydrogens (tertiary/aromatic N) is 1. The Morgan fingerprint density at radius 2 is 2.27 bits per heavy atom. The van der Waals surface area contributed by atoms with E-state index in [0.29, 0.717) is 0 Å². The molecule has 0 amide bonds. The topological polar surface area (TPSA) is 50.2 Å². The van der Waals surface area contributed by atoms with Crippen LogP contribution in [-0.4, -0.2) is 16.1 Å². The molecule has 15 heavy (non-hydrogen) atoms. The first kappa shape index (κ1) is 12.8. The standard InChI is InChI=1S/C8H5BrF2INO2/c9-2-3-1-4(6(10)11)7(12)13-5(3)8(14)15/h1,6H,2H2,(H,14,15). The van der Waals surface area contributed by atoms with Gasteiger partial charge in [-0.1, -0.05) is 15.9 Å². The number of carboxylic acid groups (broad SMARTS) is 1. The van der Waals surface area contributed by atoms with Gasteiger partial charge in [0.2, 0.25) is 0 Å². The van der Waals surface area contributed by atoms with E-state index in [1.165, 1.54) is 0 Å². The van der Waals surface area contributed by atoms with Crippen LogP contribution < -0.4 is 0 Å². The fraction of sp³-hybridized carbons (Fsp3) is 0.250. The Morgan fingerprint density at radius 1 is 1.67 bits per heavy atom. The first-order valence-corrected chi connectivity index (χ1v) is 5.94. The monoisotopic (exact) mass is 391 g/mol. The third kappa shape index (κ3) is 2.83. The predicted molar refractivity (Wildman–Crippen MR) is 61.5 cm³/mol. The Balaban J connectivity index is 3.35. The molecule has 3 nitrogen and oxygen atoms in total. The molecule has 0 fully saturated rings. The fourth-order valence-electron chi connectivity index (χ4n) is 0.990. The van der Waals surface area contributed by atoms with Crippen LogP contribution in [-0.2, 0) is 5.33 Å². The summed E-state index contributed by atoms with van der Waals surface area (Å²) in [7, 11) is 0. The molecule has 1 aromatic rings. The van der Waals surface area contributed by atoms with Crippen molar-refractivity contribution in [2.45, 2.75) is 11.8 Å². The van der Waals surface area contributed by atoms with Gasteiger partial charge in [-0.2, -0.15) is 0 Å². The van der Waals surface area contributed by atoms with Crippen molar-refractivity contribution in [3.8, 4) is 0 Å². The van der Waals surface area contributed by atoms with Gasteiger partial charge in [-0.3, -0.25) is 0 Å². The SMILES string of the molecule is O=C(O)c1nc(I)c(C(F)F)cc1CBr. The Labute approximate surface area is 106 Å². The Hall–Kier alpha value is -0.310. The van der Waals surface area contributed by atoms with Crippen LogP contribution in [0.25, 0.3) is 0 Å². The molecule has 0 aliphatic heterocycles. The van der Waals surface area contributed by atoms with E-state index in [1.54, 1.807) is 22.6 Å². The van der Waals surface area contributed by atoms with Gasteiger partial charge in [-0.05, 0) is 34.2 Å². The normalized spacial score (nSPS) is 10.7. The molecular weight excluding hydrogens is 387 g/mol. The lowest BCUT2D eigenvalue weighted by molar-refractivity contribution is 0.0688. The van der Waals surface area contributed by atoms with E-state index >= 15 is 0 Å². The van der Waals surface area contributed by atoms with Gasteiger partial charge in [0, 0.05) is 5.33 Å². The Morgan fingerprint density at radius 3 is 2.67 bits per heavy atom. The highest BCUT2D eigenvalue weighted by molar-refractivity contribution is 14.1. The van der Waals surface area contributed by atoms with Crippen molar-refractivity contribution in [2.75, 3.05) is 0 Å². The number of alkyl halides is 3. The molecule has 0 spiro atoms. The summed E-state index contributed by atoms with van der Waals surface area (Å²) in [4.78, 5) is 14.4. The smallest absolute Gasteiger partial charge is 0.354 e. The zero-order valence-electron chi connectivity index (χ0n) is 7.18. The molecule has 1 rings (SSSR count). The van der Waals surface area contributed by atoms with Crippen LogP contribution in [0.1, 0.15) is 28.0 Å². The van der Waals surface area contributed by atoms with Gasteiger partial charge in [0.25, 0.3) is 6.43 Å². The molecule has 1 aromatic heterocycles. The molecule has 1 heterocycles. The first-order valence-electron chi connectivity index (χ1n) is 3.74. The second-order valence-corrected chi connectivity index (χ2v) is 4.20. The van der Waals surface area contributed by atoms with Crippen molar-refractivity contribution in [2.24, 2.45) is 0 Å². The van der Waals surface area contributed by atoms with E-state index in [1.807, 2.05) is 0 Å². The van der Waals surface area contributed by atoms with Crippen LogP contribution in [0.5, 0.6) is 0 Å². The summed E-state index contributed by atoms with van der Waals surface area (Å²) in [6.07, 6.45) is -2.65. The summed E-state index contributed by atoms with van der Waals surface area (Å²) in [5.41, 5.74) is -0.186. The number of hydrogen-bond donors (Lipinski definition) is 1. The summed E-state index contributed by atoms with van der Waals surface area (Å²) in [5.74, 6) is -1.22. The second-order valence-electron chi connectivity index (χ2n) is 2.62. The number of aromatic carboxylic acids is 1. The molecule has 0 bridgehead atoms. The number of rotatable bonds is 3. The number of pyridine rings is 1. The van der Waals surface area contributed by atoms with Gasteiger partial charge in [0.05, 0.1) is 5.56 Å². The molecule has 0 saturated heterocycles. The summed E-state index contributed by atoms with van der Waals surface area (Å²) < 4.78 is 25.0. The molecule has 7 heteroatoms. The van der Waals surface area contributed by atoms with Gasteiger partial charge in [-0.25, -0.2) is 18.6 Å². The molecule has 0 radical (unpaired) electrons. The van der Waals surface area contributed by atoms with E-state index in [2.05, 4.69) is 20.9 Å². The maximum absolute atomic E-state index is 12.5. The highest BCUT2D eigenvalue weighted by Crippen LogP contribution is 2.26. The lowest BCUT2D eigenvalue weighted by Crippen LogP contribution is -2.08. The maximum Gasteiger partial charge on any atom is 0.354 e. The van der Waals surface area contributed by atoms with E-state index in [4.69, 9.17) is 5.11 Å². The lowest BCUT2D eigenvalue weighted by atomic mass is 10.1. The van der Waals surface area contributed by atoms with Crippen LogP contribution in [0, 0.1) is 3.70 Å². The van der Waals surface area contributed by atoms with Gasteiger partial charge < -0.3 is 5.11 Å². The summed E-state index contributed by atoms with van der Waals surface area (Å²) >= 11 is 4.63. The van der Waals surface area contributed by atoms with Gasteiger partial charge in [0.15, 0.2) is 5.69 Å². The zero-order valence-corrected chi connectivity index (χ0v) is 10.9. The number of hydrogen-bond acceptors (Lipinski definition) is 2. The Kier molecular flexibility index (Phi) is 4.38. The molecule has 0 unspecified atom stereocenters. The maximum atomic E-state index is 12.5. The third-order valence-corrected chi connectivity index (χ3v) is 3.13. The van der Waals surface area contributed by atoms with Crippen LogP contribution in [0.2, 0.25) is 0 Å². The molecule has 0 saturated carbocycles. The minimum absolute atomic E-state index is 0.0182. The quantitative estimate of drug-likeness (QED) is 0.489. The fourth-order valence-corrected chi connectivity index (χ4v) is 2.05. The van der Waals surface area contributed by atoms with Crippen molar-refractivity contribution >= 4 is 44.5 Å². The summed E-state index contributed by atoms with van der Waals surface area (Å²) in [5, 5.41) is 8.96. The molecule has 0 aromatic carbocycles. The number of aromatic nitrogens is 1. The third-order valence-electron chi connectivity index (χ3n) is 1.66. The van der Waals surface area contributed by atoms with Crippen molar-refractivity contribution in [1.29, 1.82) is 0 Å². The van der Waals surface area contributed by atoms with Gasteiger partial charge >= 0.3 is 5.97 Å². The largest absolute Gasteiger partial charge is 0.477 e. The van der Waals surface area contributed by atoms with Crippen LogP contribution in [0.15, 0.2) is 6.07 Å². The zero-order chi connectivity index (χ0) is 11.6. The average molecular weight is 392 g/mol. The molecule has 0 atom stereocenters. The van der Waals surface area contributed by atoms with Gasteiger partial charge in [-0.15, -0.1) is 0 Å². The van der Waals surface area contributed by atoms with Crippen molar-refractivity contribution in [3.63, 3.8) is 0 Å². The van der Waals surface area contributed by atoms with E-state index < -0.39 is 12.4 Å². The minimum Gasteiger partial charge on any atom is -0.477 e. The molecule has 0 aliphatic rings. The molecular formula is C8H5BrF2INO2. The molecule has 82 valence electrons. The lowest BCUT2D eigenvalue weighted by Gasteiger charge is -2.07. The summed E-state index contributed by atoms with van der Waals surface area (Å²) in [6, 6.07) is 1.16. The van der Waals surface area contributed by atoms with Crippen molar-refractivity contribution in [1.82, 2.24) is 4.98 Å². The number of halogens is 4. The van der Waals surface area contributed by atoms with Crippen molar-refractivity contribution in [3.05, 3.63) is 26.6 Å². The second kappa shape index (κ2) is 5.15. The van der Waals surface area contributed by atoms with Crippen LogP contribution in [0.4, 0.5) is 8.78 Å². The van der Waals surface area contributed by atoms with Crippen molar-refractivity contribution < 1.29 is 18.7 Å². The van der Waals surface area contributed by atoms with Gasteiger partial charge in [0.1, 0.15) is 3.70 Å². The van der Waals surface area contributed by atoms with Crippen LogP contribution >= 0.6 is 38.5 Å². The van der Waals surface area contributed by atoms with E-state index in [-0.39, 0.29) is 25.9 Å². The molecule has 1 N–H and O–H groups in total. The van der Waals surface area contributed by atoms with Crippen LogP contribution in [0.3, 0.4) is 0 Å². The number of carboxylic acids is 1. The Bertz CT molecular complexity index is 400. The highest BCUT2D eigenvalue weighted by Gasteiger charge is 2.19. The number of carbonyl (C=O) groups is 1. The first-order chi connectivity index (χ1) is 6.97. The highest BCUT2D eigenvalue weighted by atomic mass is 127. The van der Waals surface area contributed by atoms with E-state index in [9.17, 15) is 13.6 Å². The predicted octanol–water partition coefficient (Wildman–Crippen LogP) is 3.22. The summed E-state index contributed by atoms with van der Waals surface area (Å²) in [6.45, 7) is 0. The minimum atomic E-state index is -2.65.